The Balaban J connectivity index is 2.92. The van der Waals surface area contributed by atoms with Crippen LogP contribution < -0.4 is 10.6 Å². The summed E-state index contributed by atoms with van der Waals surface area (Å²) in [6, 6.07) is 2.01. The van der Waals surface area contributed by atoms with Crippen molar-refractivity contribution in [3.8, 4) is 0 Å². The van der Waals surface area contributed by atoms with Crippen LogP contribution in [0.3, 0.4) is 0 Å². The first-order chi connectivity index (χ1) is 9.06. The Morgan fingerprint density at radius 1 is 1.05 bits per heavy atom. The van der Waals surface area contributed by atoms with Gasteiger partial charge >= 0.3 is 0 Å². The van der Waals surface area contributed by atoms with E-state index in [1.54, 1.807) is 0 Å². The van der Waals surface area contributed by atoms with Gasteiger partial charge in [-0.05, 0) is 26.2 Å². The Morgan fingerprint density at radius 2 is 1.68 bits per heavy atom. The van der Waals surface area contributed by atoms with Crippen LogP contribution in [0.5, 0.6) is 0 Å². The average Bonchev–Trinajstić information content (AvgIpc) is 2.44. The Morgan fingerprint density at radius 3 is 2.21 bits per heavy atom. The molecular formula is C15H28N4. The van der Waals surface area contributed by atoms with Crippen LogP contribution in [0.4, 0.5) is 11.6 Å². The van der Waals surface area contributed by atoms with Gasteiger partial charge in [-0.15, -0.1) is 0 Å². The van der Waals surface area contributed by atoms with Crippen LogP contribution in [0, 0.1) is 0 Å². The molecule has 0 aliphatic carbocycles. The van der Waals surface area contributed by atoms with Gasteiger partial charge in [0.2, 0.25) is 0 Å². The molecule has 0 aliphatic heterocycles. The van der Waals surface area contributed by atoms with Crippen LogP contribution >= 0.6 is 0 Å². The molecular weight excluding hydrogens is 236 g/mol. The van der Waals surface area contributed by atoms with Crippen LogP contribution in [0.2, 0.25) is 0 Å². The van der Waals surface area contributed by atoms with Crippen molar-refractivity contribution < 1.29 is 0 Å². The number of anilines is 2. The number of hydrogen-bond acceptors (Lipinski definition) is 4. The Kier molecular flexibility index (Phi) is 6.06. The number of aryl methyl sites for hydroxylation is 1. The normalized spacial score (nSPS) is 11.4. The molecule has 4 nitrogen and oxygen atoms in total. The summed E-state index contributed by atoms with van der Waals surface area (Å²) < 4.78 is 0. The predicted octanol–water partition coefficient (Wildman–Crippen LogP) is 3.85. The minimum Gasteiger partial charge on any atom is -0.370 e. The molecule has 0 unspecified atom stereocenters. The van der Waals surface area contributed by atoms with Crippen molar-refractivity contribution in [2.24, 2.45) is 0 Å². The van der Waals surface area contributed by atoms with Crippen molar-refractivity contribution in [1.82, 2.24) is 9.97 Å². The molecule has 19 heavy (non-hydrogen) atoms. The lowest BCUT2D eigenvalue weighted by atomic mass is 9.96. The van der Waals surface area contributed by atoms with Gasteiger partial charge in [0.15, 0.2) is 0 Å². The second-order valence-electron chi connectivity index (χ2n) is 5.23. The van der Waals surface area contributed by atoms with Crippen LogP contribution in [-0.2, 0) is 6.42 Å². The number of aromatic nitrogens is 2. The van der Waals surface area contributed by atoms with E-state index >= 15 is 0 Å². The van der Waals surface area contributed by atoms with Crippen molar-refractivity contribution in [2.75, 3.05) is 17.2 Å². The third-order valence-electron chi connectivity index (χ3n) is 3.64. The van der Waals surface area contributed by atoms with Gasteiger partial charge in [-0.2, -0.15) is 0 Å². The molecule has 0 saturated heterocycles. The fraction of sp³-hybridized carbons (Fsp3) is 0.733. The summed E-state index contributed by atoms with van der Waals surface area (Å²) in [7, 11) is 0. The molecule has 0 bridgehead atoms. The predicted molar refractivity (Wildman–Crippen MR) is 82.8 cm³/mol. The molecule has 0 fully saturated rings. The summed E-state index contributed by atoms with van der Waals surface area (Å²) in [5.74, 6) is 2.74. The summed E-state index contributed by atoms with van der Waals surface area (Å²) in [4.78, 5) is 9.09. The van der Waals surface area contributed by atoms with Crippen molar-refractivity contribution >= 4 is 11.6 Å². The molecule has 1 rings (SSSR count). The Bertz CT molecular complexity index is 386. The monoisotopic (exact) mass is 264 g/mol. The molecule has 1 heterocycles. The molecule has 0 radical (unpaired) electrons. The van der Waals surface area contributed by atoms with Crippen molar-refractivity contribution in [1.29, 1.82) is 0 Å². The average molecular weight is 264 g/mol. The molecule has 1 aromatic heterocycles. The SMILES string of the molecule is CCCNc1cc(NC(C)(CC)CC)nc(CC)n1. The maximum atomic E-state index is 4.58. The fourth-order valence-corrected chi connectivity index (χ4v) is 1.80. The Labute approximate surface area is 117 Å². The minimum absolute atomic E-state index is 0.0986. The minimum atomic E-state index is 0.0986. The standard InChI is InChI=1S/C15H28N4/c1-6-10-16-13-11-14(18-12(7-2)17-13)19-15(5,8-3)9-4/h11H,6-10H2,1-5H3,(H2,16,17,18,19). The maximum absolute atomic E-state index is 4.58. The lowest BCUT2D eigenvalue weighted by molar-refractivity contribution is 0.476. The second kappa shape index (κ2) is 7.31. The molecule has 0 aliphatic rings. The fourth-order valence-electron chi connectivity index (χ4n) is 1.80. The van der Waals surface area contributed by atoms with E-state index < -0.39 is 0 Å². The smallest absolute Gasteiger partial charge is 0.132 e. The van der Waals surface area contributed by atoms with Gasteiger partial charge in [-0.3, -0.25) is 0 Å². The zero-order chi connectivity index (χ0) is 14.3. The van der Waals surface area contributed by atoms with E-state index in [1.165, 1.54) is 0 Å². The first kappa shape index (κ1) is 15.7. The Hall–Kier alpha value is -1.32. The molecule has 1 aromatic rings. The van der Waals surface area contributed by atoms with Gasteiger partial charge in [0.1, 0.15) is 17.5 Å². The van der Waals surface area contributed by atoms with Crippen LogP contribution in [0.1, 0.15) is 59.7 Å². The first-order valence-electron chi connectivity index (χ1n) is 7.46. The third-order valence-corrected chi connectivity index (χ3v) is 3.64. The van der Waals surface area contributed by atoms with E-state index in [4.69, 9.17) is 0 Å². The van der Waals surface area contributed by atoms with Crippen LogP contribution in [0.15, 0.2) is 6.07 Å². The number of nitrogens with zero attached hydrogens (tertiary/aromatic N) is 2. The first-order valence-corrected chi connectivity index (χ1v) is 7.46. The zero-order valence-corrected chi connectivity index (χ0v) is 13.0. The van der Waals surface area contributed by atoms with Gasteiger partial charge in [0, 0.05) is 24.6 Å². The summed E-state index contributed by atoms with van der Waals surface area (Å²) in [5.41, 5.74) is 0.0986. The summed E-state index contributed by atoms with van der Waals surface area (Å²) >= 11 is 0. The van der Waals surface area contributed by atoms with E-state index in [9.17, 15) is 0 Å². The topological polar surface area (TPSA) is 49.8 Å². The van der Waals surface area contributed by atoms with Gasteiger partial charge in [-0.25, -0.2) is 9.97 Å². The maximum Gasteiger partial charge on any atom is 0.132 e. The largest absolute Gasteiger partial charge is 0.370 e. The quantitative estimate of drug-likeness (QED) is 0.748. The van der Waals surface area contributed by atoms with Gasteiger partial charge in [0.05, 0.1) is 0 Å². The second-order valence-corrected chi connectivity index (χ2v) is 5.23. The zero-order valence-electron chi connectivity index (χ0n) is 13.0. The van der Waals surface area contributed by atoms with E-state index in [-0.39, 0.29) is 5.54 Å². The summed E-state index contributed by atoms with van der Waals surface area (Å²) in [6.45, 7) is 11.8. The molecule has 0 spiro atoms. The molecule has 2 N–H and O–H groups in total. The highest BCUT2D eigenvalue weighted by Gasteiger charge is 2.20. The van der Waals surface area contributed by atoms with Gasteiger partial charge < -0.3 is 10.6 Å². The lowest BCUT2D eigenvalue weighted by Gasteiger charge is -2.29. The molecule has 108 valence electrons. The van der Waals surface area contributed by atoms with Crippen molar-refractivity contribution in [3.05, 3.63) is 11.9 Å². The summed E-state index contributed by atoms with van der Waals surface area (Å²) in [6.07, 6.45) is 4.10. The number of hydrogen-bond donors (Lipinski definition) is 2. The molecule has 4 heteroatoms. The van der Waals surface area contributed by atoms with Crippen molar-refractivity contribution in [2.45, 2.75) is 65.8 Å². The molecule has 0 atom stereocenters. The van der Waals surface area contributed by atoms with Gasteiger partial charge in [-0.1, -0.05) is 27.7 Å². The van der Waals surface area contributed by atoms with E-state index in [0.29, 0.717) is 0 Å². The highest BCUT2D eigenvalue weighted by atomic mass is 15.1. The van der Waals surface area contributed by atoms with Gasteiger partial charge in [0.25, 0.3) is 0 Å². The highest BCUT2D eigenvalue weighted by molar-refractivity contribution is 5.49. The van der Waals surface area contributed by atoms with E-state index in [2.05, 4.69) is 55.2 Å². The third kappa shape index (κ3) is 4.69. The van der Waals surface area contributed by atoms with Crippen LogP contribution in [-0.4, -0.2) is 22.1 Å². The van der Waals surface area contributed by atoms with E-state index in [0.717, 1.165) is 49.7 Å². The molecule has 0 amide bonds. The lowest BCUT2D eigenvalue weighted by Crippen LogP contribution is -2.33. The number of rotatable bonds is 8. The van der Waals surface area contributed by atoms with Crippen LogP contribution in [0.25, 0.3) is 0 Å². The molecule has 0 saturated carbocycles. The molecule has 0 aromatic carbocycles. The summed E-state index contributed by atoms with van der Waals surface area (Å²) in [5, 5.41) is 6.90. The highest BCUT2D eigenvalue weighted by Crippen LogP contribution is 2.22. The van der Waals surface area contributed by atoms with Crippen molar-refractivity contribution in [3.63, 3.8) is 0 Å². The number of nitrogens with one attached hydrogen (secondary N) is 2. The van der Waals surface area contributed by atoms with E-state index in [1.807, 2.05) is 6.07 Å².